The van der Waals surface area contributed by atoms with Gasteiger partial charge in [0.25, 0.3) is 0 Å². The molecule has 0 spiro atoms. The number of hydrogen-bond donors (Lipinski definition) is 1. The number of nitrogens with two attached hydrogens (primary N) is 1. The van der Waals surface area contributed by atoms with Crippen LogP contribution in [0.15, 0.2) is 0 Å². The van der Waals surface area contributed by atoms with Crippen molar-refractivity contribution < 1.29 is 0 Å². The van der Waals surface area contributed by atoms with E-state index in [2.05, 4.69) is 23.6 Å². The molecule has 1 heterocycles. The Labute approximate surface area is 124 Å². The van der Waals surface area contributed by atoms with Crippen LogP contribution in [-0.4, -0.2) is 53.6 Å². The molecule has 2 N–H and O–H groups in total. The minimum Gasteiger partial charge on any atom is -0.329 e. The highest BCUT2D eigenvalue weighted by Gasteiger charge is 2.45. The second kappa shape index (κ2) is 5.94. The third-order valence-electron chi connectivity index (χ3n) is 5.81. The van der Waals surface area contributed by atoms with Gasteiger partial charge in [0, 0.05) is 37.3 Å². The van der Waals surface area contributed by atoms with Gasteiger partial charge in [-0.3, -0.25) is 4.90 Å². The Bertz CT molecular complexity index is 322. The van der Waals surface area contributed by atoms with Gasteiger partial charge in [0.05, 0.1) is 0 Å². The molecule has 0 aromatic heterocycles. The molecule has 0 aromatic rings. The molecule has 2 aliphatic carbocycles. The van der Waals surface area contributed by atoms with E-state index < -0.39 is 0 Å². The Balaban J connectivity index is 1.70. The van der Waals surface area contributed by atoms with Crippen molar-refractivity contribution in [3.8, 4) is 0 Å². The van der Waals surface area contributed by atoms with Crippen molar-refractivity contribution in [1.29, 1.82) is 0 Å². The summed E-state index contributed by atoms with van der Waals surface area (Å²) in [5.74, 6) is 0.989. The van der Waals surface area contributed by atoms with Crippen molar-refractivity contribution in [2.75, 3.05) is 26.2 Å². The molecule has 0 amide bonds. The van der Waals surface area contributed by atoms with Gasteiger partial charge in [-0.1, -0.05) is 0 Å². The first-order chi connectivity index (χ1) is 9.64. The van der Waals surface area contributed by atoms with Gasteiger partial charge in [-0.05, 0) is 71.3 Å². The molecule has 20 heavy (non-hydrogen) atoms. The fourth-order valence-electron chi connectivity index (χ4n) is 4.02. The summed E-state index contributed by atoms with van der Waals surface area (Å²) in [6.07, 6.45) is 9.68. The Hall–Kier alpha value is -0.120. The van der Waals surface area contributed by atoms with Gasteiger partial charge < -0.3 is 10.6 Å². The molecule has 3 rings (SSSR count). The lowest BCUT2D eigenvalue weighted by Gasteiger charge is -2.44. The van der Waals surface area contributed by atoms with Crippen LogP contribution in [0.25, 0.3) is 0 Å². The quantitative estimate of drug-likeness (QED) is 0.810. The monoisotopic (exact) mass is 279 g/mol. The largest absolute Gasteiger partial charge is 0.329 e. The number of hydrogen-bond acceptors (Lipinski definition) is 3. The minimum absolute atomic E-state index is 0.313. The lowest BCUT2D eigenvalue weighted by Crippen LogP contribution is -2.56. The van der Waals surface area contributed by atoms with Gasteiger partial charge in [-0.25, -0.2) is 0 Å². The van der Waals surface area contributed by atoms with Crippen molar-refractivity contribution >= 4 is 0 Å². The van der Waals surface area contributed by atoms with Crippen molar-refractivity contribution in [2.45, 2.75) is 76.4 Å². The van der Waals surface area contributed by atoms with Crippen LogP contribution in [0.3, 0.4) is 0 Å². The van der Waals surface area contributed by atoms with Crippen molar-refractivity contribution in [3.63, 3.8) is 0 Å². The van der Waals surface area contributed by atoms with E-state index in [1.807, 2.05) is 0 Å². The van der Waals surface area contributed by atoms with Crippen LogP contribution in [0.4, 0.5) is 0 Å². The molecule has 116 valence electrons. The van der Waals surface area contributed by atoms with Crippen LogP contribution in [0.2, 0.25) is 0 Å². The molecule has 1 unspecified atom stereocenters. The summed E-state index contributed by atoms with van der Waals surface area (Å²) in [7, 11) is 0. The fraction of sp³-hybridized carbons (Fsp3) is 1.00. The maximum absolute atomic E-state index is 6.33. The number of likely N-dealkylation sites (tertiary alicyclic amines) is 1. The first-order valence-corrected chi connectivity index (χ1v) is 8.85. The first kappa shape index (κ1) is 14.8. The zero-order valence-corrected chi connectivity index (χ0v) is 13.5. The number of nitrogens with zero attached hydrogens (tertiary/aromatic N) is 2. The van der Waals surface area contributed by atoms with E-state index >= 15 is 0 Å². The van der Waals surface area contributed by atoms with Crippen LogP contribution in [0, 0.1) is 5.92 Å². The molecular weight excluding hydrogens is 246 g/mol. The van der Waals surface area contributed by atoms with Crippen molar-refractivity contribution in [2.24, 2.45) is 11.7 Å². The SMILES string of the molecule is CC(C)N1CCCC(CN)(N(CC2CC2)C2CC2)CC1. The lowest BCUT2D eigenvalue weighted by atomic mass is 9.87. The molecule has 3 heteroatoms. The highest BCUT2D eigenvalue weighted by molar-refractivity contribution is 5.02. The molecule has 0 radical (unpaired) electrons. The summed E-state index contributed by atoms with van der Waals surface area (Å²) in [6.45, 7) is 9.37. The van der Waals surface area contributed by atoms with E-state index in [0.29, 0.717) is 11.6 Å². The predicted molar refractivity (Wildman–Crippen MR) is 84.8 cm³/mol. The van der Waals surface area contributed by atoms with E-state index in [0.717, 1.165) is 18.5 Å². The highest BCUT2D eigenvalue weighted by atomic mass is 15.3. The molecule has 0 bridgehead atoms. The summed E-state index contributed by atoms with van der Waals surface area (Å²) in [6, 6.07) is 1.55. The molecule has 2 saturated carbocycles. The van der Waals surface area contributed by atoms with Crippen LogP contribution in [-0.2, 0) is 0 Å². The van der Waals surface area contributed by atoms with E-state index in [1.165, 1.54) is 64.6 Å². The average Bonchev–Trinajstić information content (AvgIpc) is 3.31. The van der Waals surface area contributed by atoms with E-state index in [9.17, 15) is 0 Å². The first-order valence-electron chi connectivity index (χ1n) is 8.85. The Morgan fingerprint density at radius 3 is 2.45 bits per heavy atom. The fourth-order valence-corrected chi connectivity index (χ4v) is 4.02. The molecule has 1 atom stereocenters. The van der Waals surface area contributed by atoms with Crippen molar-refractivity contribution in [3.05, 3.63) is 0 Å². The zero-order valence-electron chi connectivity index (χ0n) is 13.5. The third-order valence-corrected chi connectivity index (χ3v) is 5.81. The topological polar surface area (TPSA) is 32.5 Å². The molecule has 3 aliphatic rings. The Morgan fingerprint density at radius 2 is 1.90 bits per heavy atom. The normalized spacial score (nSPS) is 32.9. The van der Waals surface area contributed by atoms with E-state index in [-0.39, 0.29) is 0 Å². The molecule has 1 saturated heterocycles. The average molecular weight is 279 g/mol. The lowest BCUT2D eigenvalue weighted by molar-refractivity contribution is 0.0632. The minimum atomic E-state index is 0.313. The Morgan fingerprint density at radius 1 is 1.15 bits per heavy atom. The van der Waals surface area contributed by atoms with Gasteiger partial charge in [0.15, 0.2) is 0 Å². The van der Waals surface area contributed by atoms with Gasteiger partial charge in [-0.15, -0.1) is 0 Å². The molecule has 3 fully saturated rings. The van der Waals surface area contributed by atoms with E-state index in [4.69, 9.17) is 5.73 Å². The number of rotatable bonds is 6. The summed E-state index contributed by atoms with van der Waals surface area (Å²) >= 11 is 0. The second-order valence-electron chi connectivity index (χ2n) is 7.74. The van der Waals surface area contributed by atoms with Gasteiger partial charge in [-0.2, -0.15) is 0 Å². The molecule has 3 nitrogen and oxygen atoms in total. The van der Waals surface area contributed by atoms with Crippen LogP contribution in [0.1, 0.15) is 58.8 Å². The van der Waals surface area contributed by atoms with E-state index in [1.54, 1.807) is 0 Å². The molecule has 0 aromatic carbocycles. The summed E-state index contributed by atoms with van der Waals surface area (Å²) in [5, 5.41) is 0. The van der Waals surface area contributed by atoms with Crippen molar-refractivity contribution in [1.82, 2.24) is 9.80 Å². The second-order valence-corrected chi connectivity index (χ2v) is 7.74. The highest BCUT2D eigenvalue weighted by Crippen LogP contribution is 2.42. The summed E-state index contributed by atoms with van der Waals surface area (Å²) in [4.78, 5) is 5.52. The van der Waals surface area contributed by atoms with Gasteiger partial charge in [0.1, 0.15) is 0 Å². The molecular formula is C17H33N3. The summed E-state index contributed by atoms with van der Waals surface area (Å²) in [5.41, 5.74) is 6.64. The summed E-state index contributed by atoms with van der Waals surface area (Å²) < 4.78 is 0. The third kappa shape index (κ3) is 3.20. The molecule has 1 aliphatic heterocycles. The smallest absolute Gasteiger partial charge is 0.0347 e. The van der Waals surface area contributed by atoms with Crippen LogP contribution in [0.5, 0.6) is 0 Å². The standard InChI is InChI=1S/C17H33N3/c1-14(2)19-10-3-8-17(13-18,9-11-19)20(16-6-7-16)12-15-4-5-15/h14-16H,3-13,18H2,1-2H3. The predicted octanol–water partition coefficient (Wildman–Crippen LogP) is 2.45. The maximum atomic E-state index is 6.33. The Kier molecular flexibility index (Phi) is 4.40. The maximum Gasteiger partial charge on any atom is 0.0347 e. The zero-order chi connectivity index (χ0) is 14.2. The van der Waals surface area contributed by atoms with Gasteiger partial charge >= 0.3 is 0 Å². The van der Waals surface area contributed by atoms with Gasteiger partial charge in [0.2, 0.25) is 0 Å². The van der Waals surface area contributed by atoms with Crippen LogP contribution < -0.4 is 5.73 Å². The van der Waals surface area contributed by atoms with Crippen LogP contribution >= 0.6 is 0 Å².